The summed E-state index contributed by atoms with van der Waals surface area (Å²) in [6, 6.07) is 16.9. The number of nitrogens with zero attached hydrogens (tertiary/aromatic N) is 1. The van der Waals surface area contributed by atoms with Gasteiger partial charge in [-0.1, -0.05) is 36.4 Å². The van der Waals surface area contributed by atoms with Crippen LogP contribution in [0.15, 0.2) is 73.1 Å². The Morgan fingerprint density at radius 3 is 2.12 bits per heavy atom. The van der Waals surface area contributed by atoms with Crippen molar-refractivity contribution in [1.82, 2.24) is 4.98 Å². The largest absolute Gasteiger partial charge is 0.426 e. The second kappa shape index (κ2) is 8.02. The lowest BCUT2D eigenvalue weighted by atomic mass is 10.1. The number of benzene rings is 2. The molecule has 1 aromatic heterocycles. The van der Waals surface area contributed by atoms with E-state index in [-0.39, 0.29) is 18.2 Å². The van der Waals surface area contributed by atoms with Crippen molar-refractivity contribution in [2.24, 2.45) is 0 Å². The van der Waals surface area contributed by atoms with Crippen LogP contribution in [0.5, 0.6) is 5.75 Å². The average Bonchev–Trinajstić information content (AvgIpc) is 2.64. The van der Waals surface area contributed by atoms with Gasteiger partial charge in [-0.3, -0.25) is 9.78 Å². The Balaban J connectivity index is 1.57. The molecule has 2 aromatic carbocycles. The molecule has 3 aromatic rings. The second-order valence-corrected chi connectivity index (χ2v) is 5.46. The Hall–Kier alpha value is -3.27. The number of ether oxygens (including phenoxy) is 1. The van der Waals surface area contributed by atoms with E-state index in [1.165, 1.54) is 12.1 Å². The minimum Gasteiger partial charge on any atom is -0.426 e. The number of hydrogen-bond acceptors (Lipinski definition) is 3. The molecule has 0 spiro atoms. The van der Waals surface area contributed by atoms with Gasteiger partial charge < -0.3 is 4.74 Å². The standard InChI is InChI=1S/C21H16FNO2/c22-19-7-3-18(4-8-19)15-21(24)25-20-9-5-16(6-10-20)1-2-17-11-13-23-14-12-17/h1-14H,15H2/b2-1+. The normalized spacial score (nSPS) is 10.8. The fraction of sp³-hybridized carbons (Fsp3) is 0.0476. The molecule has 0 saturated carbocycles. The third-order valence-corrected chi connectivity index (χ3v) is 3.55. The second-order valence-electron chi connectivity index (χ2n) is 5.46. The summed E-state index contributed by atoms with van der Waals surface area (Å²) in [4.78, 5) is 15.9. The van der Waals surface area contributed by atoms with Crippen molar-refractivity contribution >= 4 is 18.1 Å². The van der Waals surface area contributed by atoms with E-state index in [2.05, 4.69) is 4.98 Å². The summed E-state index contributed by atoms with van der Waals surface area (Å²) >= 11 is 0. The van der Waals surface area contributed by atoms with E-state index in [0.717, 1.165) is 11.1 Å². The van der Waals surface area contributed by atoms with Crippen LogP contribution in [0.25, 0.3) is 12.2 Å². The summed E-state index contributed by atoms with van der Waals surface area (Å²) in [5, 5.41) is 0. The molecule has 0 fully saturated rings. The van der Waals surface area contributed by atoms with Crippen LogP contribution < -0.4 is 4.74 Å². The maximum absolute atomic E-state index is 12.9. The van der Waals surface area contributed by atoms with Gasteiger partial charge in [0.15, 0.2) is 0 Å². The lowest BCUT2D eigenvalue weighted by molar-refractivity contribution is -0.133. The van der Waals surface area contributed by atoms with Crippen LogP contribution in [0.1, 0.15) is 16.7 Å². The molecule has 0 bridgehead atoms. The molecule has 0 radical (unpaired) electrons. The van der Waals surface area contributed by atoms with Gasteiger partial charge in [-0.2, -0.15) is 0 Å². The predicted molar refractivity (Wildman–Crippen MR) is 95.3 cm³/mol. The quantitative estimate of drug-likeness (QED) is 0.508. The smallest absolute Gasteiger partial charge is 0.315 e. The topological polar surface area (TPSA) is 39.2 Å². The van der Waals surface area contributed by atoms with Crippen LogP contribution in [0, 0.1) is 5.82 Å². The minimum atomic E-state index is -0.383. The highest BCUT2D eigenvalue weighted by Gasteiger charge is 2.06. The van der Waals surface area contributed by atoms with E-state index >= 15 is 0 Å². The lowest BCUT2D eigenvalue weighted by Crippen LogP contribution is -2.11. The first kappa shape index (κ1) is 16.6. The molecule has 25 heavy (non-hydrogen) atoms. The van der Waals surface area contributed by atoms with Gasteiger partial charge in [-0.25, -0.2) is 4.39 Å². The Bertz CT molecular complexity index is 857. The zero-order chi connectivity index (χ0) is 17.5. The van der Waals surface area contributed by atoms with Crippen LogP contribution in [-0.4, -0.2) is 11.0 Å². The molecular formula is C21H16FNO2. The molecule has 1 heterocycles. The number of halogens is 1. The van der Waals surface area contributed by atoms with Gasteiger partial charge in [0.25, 0.3) is 0 Å². The van der Waals surface area contributed by atoms with Gasteiger partial charge in [0.05, 0.1) is 6.42 Å². The van der Waals surface area contributed by atoms with Crippen molar-refractivity contribution in [2.75, 3.05) is 0 Å². The van der Waals surface area contributed by atoms with Gasteiger partial charge in [0.1, 0.15) is 11.6 Å². The van der Waals surface area contributed by atoms with Crippen LogP contribution in [-0.2, 0) is 11.2 Å². The summed E-state index contributed by atoms with van der Waals surface area (Å²) in [6.45, 7) is 0. The molecule has 0 aliphatic heterocycles. The van der Waals surface area contributed by atoms with Crippen LogP contribution in [0.2, 0.25) is 0 Å². The number of aromatic nitrogens is 1. The van der Waals surface area contributed by atoms with Gasteiger partial charge >= 0.3 is 5.97 Å². The summed E-state index contributed by atoms with van der Waals surface area (Å²) in [5.74, 6) is -0.229. The number of carbonyl (C=O) groups excluding carboxylic acids is 1. The number of hydrogen-bond donors (Lipinski definition) is 0. The molecule has 0 aliphatic rings. The van der Waals surface area contributed by atoms with Crippen molar-refractivity contribution in [1.29, 1.82) is 0 Å². The minimum absolute atomic E-state index is 0.101. The first-order valence-electron chi connectivity index (χ1n) is 7.82. The van der Waals surface area contributed by atoms with Crippen molar-refractivity contribution in [3.63, 3.8) is 0 Å². The summed E-state index contributed by atoms with van der Waals surface area (Å²) in [5.41, 5.74) is 2.77. The molecule has 4 heteroatoms. The zero-order valence-electron chi connectivity index (χ0n) is 13.4. The molecule has 0 amide bonds. The number of esters is 1. The van der Waals surface area contributed by atoms with Crippen molar-refractivity contribution < 1.29 is 13.9 Å². The van der Waals surface area contributed by atoms with Gasteiger partial charge in [-0.15, -0.1) is 0 Å². The van der Waals surface area contributed by atoms with E-state index in [1.54, 1.807) is 36.7 Å². The third-order valence-electron chi connectivity index (χ3n) is 3.55. The van der Waals surface area contributed by atoms with Crippen LogP contribution in [0.3, 0.4) is 0 Å². The Kier molecular flexibility index (Phi) is 5.32. The van der Waals surface area contributed by atoms with Gasteiger partial charge in [-0.05, 0) is 53.1 Å². The zero-order valence-corrected chi connectivity index (χ0v) is 13.4. The van der Waals surface area contributed by atoms with Crippen molar-refractivity contribution in [3.05, 3.63) is 95.6 Å². The van der Waals surface area contributed by atoms with E-state index in [1.807, 2.05) is 36.4 Å². The van der Waals surface area contributed by atoms with Gasteiger partial charge in [0, 0.05) is 12.4 Å². The van der Waals surface area contributed by atoms with E-state index < -0.39 is 0 Å². The molecule has 0 N–H and O–H groups in total. The maximum atomic E-state index is 12.9. The fourth-order valence-electron chi connectivity index (χ4n) is 2.25. The van der Waals surface area contributed by atoms with E-state index in [4.69, 9.17) is 4.74 Å². The highest BCUT2D eigenvalue weighted by Crippen LogP contribution is 2.15. The summed E-state index contributed by atoms with van der Waals surface area (Å²) < 4.78 is 18.2. The number of carbonyl (C=O) groups is 1. The summed E-state index contributed by atoms with van der Waals surface area (Å²) in [7, 11) is 0. The lowest BCUT2D eigenvalue weighted by Gasteiger charge is -2.05. The number of rotatable bonds is 5. The monoisotopic (exact) mass is 333 g/mol. The highest BCUT2D eigenvalue weighted by atomic mass is 19.1. The van der Waals surface area contributed by atoms with Crippen molar-refractivity contribution in [3.8, 4) is 5.75 Å². The summed E-state index contributed by atoms with van der Waals surface area (Å²) in [6.07, 6.45) is 7.54. The Morgan fingerprint density at radius 2 is 1.48 bits per heavy atom. The van der Waals surface area contributed by atoms with Gasteiger partial charge in [0.2, 0.25) is 0 Å². The molecule has 0 atom stereocenters. The Labute approximate surface area is 145 Å². The molecule has 3 rings (SSSR count). The van der Waals surface area contributed by atoms with E-state index in [9.17, 15) is 9.18 Å². The first-order valence-corrected chi connectivity index (χ1v) is 7.82. The molecule has 124 valence electrons. The average molecular weight is 333 g/mol. The molecule has 3 nitrogen and oxygen atoms in total. The SMILES string of the molecule is O=C(Cc1ccc(F)cc1)Oc1ccc(/C=C/c2ccncc2)cc1. The van der Waals surface area contributed by atoms with Crippen LogP contribution in [0.4, 0.5) is 4.39 Å². The first-order chi connectivity index (χ1) is 12.2. The molecule has 0 aliphatic carbocycles. The highest BCUT2D eigenvalue weighted by molar-refractivity contribution is 5.75. The van der Waals surface area contributed by atoms with Crippen molar-refractivity contribution in [2.45, 2.75) is 6.42 Å². The van der Waals surface area contributed by atoms with E-state index in [0.29, 0.717) is 11.3 Å². The van der Waals surface area contributed by atoms with Crippen LogP contribution >= 0.6 is 0 Å². The fourth-order valence-corrected chi connectivity index (χ4v) is 2.25. The maximum Gasteiger partial charge on any atom is 0.315 e. The molecule has 0 saturated heterocycles. The molecule has 0 unspecified atom stereocenters. The predicted octanol–water partition coefficient (Wildman–Crippen LogP) is 4.54. The number of pyridine rings is 1. The Morgan fingerprint density at radius 1 is 0.880 bits per heavy atom. The third kappa shape index (κ3) is 5.11. The molecular weight excluding hydrogens is 317 g/mol.